The first-order valence-electron chi connectivity index (χ1n) is 23.9. The van der Waals surface area contributed by atoms with Crippen molar-refractivity contribution in [2.45, 2.75) is 94.8 Å². The Morgan fingerprint density at radius 2 is 1.57 bits per heavy atom. The minimum absolute atomic E-state index is 0.0201. The van der Waals surface area contributed by atoms with Gasteiger partial charge in [-0.2, -0.15) is 0 Å². The van der Waals surface area contributed by atoms with E-state index in [0.717, 1.165) is 26.4 Å². The standard InChI is InChI=1S/C52H59BrFN5O12S/c1-49-17-16-34(61)20-33(49)12-14-36-37-21-42-52(41(63)27-60,50(37,2)22-40(62)51(36,49)54)71-48(70-42)39-15-13-35(72-39)18-31-8-10-32(11-9-31)28-69-29-58-45(66)25-57-47(68)38(19-30-6-4-3-5-7-30)59-46(67)26-56-44(65)24-55-43(64)23-53/h3-11,13,15-17,20,36-38,40,42,48,60,62H,12,14,18-19,21-29H2,1-2H3,(H,55,64)(H,56,65)(H,57,68)(H,58,66)(H,59,67)/t36-,37-,38-,40-,42+,48+,49-,50-,51-,52+/m0/s1. The Morgan fingerprint density at radius 3 is 2.31 bits per heavy atom. The van der Waals surface area contributed by atoms with Crippen LogP contribution in [0.1, 0.15) is 72.3 Å². The quantitative estimate of drug-likeness (QED) is 0.0491. The summed E-state index contributed by atoms with van der Waals surface area (Å²) in [6, 6.07) is 19.5. The summed E-state index contributed by atoms with van der Waals surface area (Å²) in [5.74, 6) is -4.57. The molecule has 5 aliphatic rings. The molecule has 4 aliphatic carbocycles. The van der Waals surface area contributed by atoms with Gasteiger partial charge < -0.3 is 51.0 Å². The molecule has 72 heavy (non-hydrogen) atoms. The van der Waals surface area contributed by atoms with E-state index in [1.807, 2.05) is 49.4 Å². The molecule has 4 fully saturated rings. The van der Waals surface area contributed by atoms with Crippen LogP contribution in [-0.4, -0.2) is 119 Å². The fourth-order valence-corrected chi connectivity index (χ4v) is 12.9. The Labute approximate surface area is 428 Å². The Balaban J connectivity index is 0.801. The van der Waals surface area contributed by atoms with Gasteiger partial charge in [-0.3, -0.25) is 33.6 Å². The Bertz CT molecular complexity index is 2630. The highest BCUT2D eigenvalue weighted by molar-refractivity contribution is 9.09. The van der Waals surface area contributed by atoms with E-state index in [9.17, 15) is 43.8 Å². The topological polar surface area (TPSA) is 248 Å². The van der Waals surface area contributed by atoms with Crippen LogP contribution < -0.4 is 26.6 Å². The van der Waals surface area contributed by atoms with Gasteiger partial charge in [-0.25, -0.2) is 4.39 Å². The first-order chi connectivity index (χ1) is 34.4. The molecule has 0 bridgehead atoms. The largest absolute Gasteiger partial charge is 0.390 e. The summed E-state index contributed by atoms with van der Waals surface area (Å²) in [6.07, 6.45) is 3.09. The van der Waals surface area contributed by atoms with E-state index in [1.165, 1.54) is 23.5 Å². The predicted octanol–water partition coefficient (Wildman–Crippen LogP) is 3.10. The summed E-state index contributed by atoms with van der Waals surface area (Å²) in [7, 11) is 0. The average Bonchev–Trinajstić information content (AvgIpc) is 4.07. The molecule has 20 heteroatoms. The van der Waals surface area contributed by atoms with Crippen molar-refractivity contribution in [1.29, 1.82) is 0 Å². The predicted molar refractivity (Wildman–Crippen MR) is 264 cm³/mol. The van der Waals surface area contributed by atoms with Gasteiger partial charge >= 0.3 is 0 Å². The van der Waals surface area contributed by atoms with Crippen LogP contribution in [0.3, 0.4) is 0 Å². The van der Waals surface area contributed by atoms with Crippen molar-refractivity contribution >= 4 is 68.4 Å². The number of rotatable bonds is 20. The molecule has 1 aromatic heterocycles. The number of thiophene rings is 1. The number of Topliss-reactive ketones (excluding diaryl/α,β-unsaturated/α-hetero) is 1. The zero-order valence-corrected chi connectivity index (χ0v) is 42.3. The van der Waals surface area contributed by atoms with Gasteiger partial charge in [0.2, 0.25) is 29.5 Å². The second-order valence-electron chi connectivity index (χ2n) is 19.5. The molecule has 17 nitrogen and oxygen atoms in total. The molecule has 0 unspecified atom stereocenters. The highest BCUT2D eigenvalue weighted by Gasteiger charge is 2.79. The number of aliphatic hydroxyl groups excluding tert-OH is 2. The lowest BCUT2D eigenvalue weighted by Gasteiger charge is -2.62. The summed E-state index contributed by atoms with van der Waals surface area (Å²) in [5, 5.41) is 34.7. The first kappa shape index (κ1) is 52.8. The number of halogens is 2. The maximum atomic E-state index is 17.8. The van der Waals surface area contributed by atoms with Crippen LogP contribution in [-0.2, 0) is 67.2 Å². The van der Waals surface area contributed by atoms with E-state index in [0.29, 0.717) is 31.3 Å². The number of aliphatic hydroxyl groups is 2. The lowest BCUT2D eigenvalue weighted by atomic mass is 9.44. The van der Waals surface area contributed by atoms with Gasteiger partial charge in [-0.1, -0.05) is 89.1 Å². The number of fused-ring (bicyclic) bond motifs is 7. The fraction of sp³-hybridized carbons (Fsp3) is 0.481. The normalized spacial score (nSPS) is 29.3. The van der Waals surface area contributed by atoms with Gasteiger partial charge in [-0.05, 0) is 79.5 Å². The number of alkyl halides is 2. The zero-order valence-electron chi connectivity index (χ0n) is 39.9. The van der Waals surface area contributed by atoms with Crippen molar-refractivity contribution in [3.05, 3.63) is 117 Å². The number of carbonyl (C=O) groups excluding carboxylic acids is 7. The minimum Gasteiger partial charge on any atom is -0.390 e. The molecule has 1 saturated heterocycles. The van der Waals surface area contributed by atoms with Gasteiger partial charge in [0, 0.05) is 34.5 Å². The Kier molecular flexibility index (Phi) is 16.1. The molecule has 0 spiro atoms. The van der Waals surface area contributed by atoms with E-state index in [4.69, 9.17) is 14.2 Å². The lowest BCUT2D eigenvalue weighted by molar-refractivity contribution is -0.231. The number of ketones is 2. The van der Waals surface area contributed by atoms with Crippen molar-refractivity contribution in [2.24, 2.45) is 22.7 Å². The summed E-state index contributed by atoms with van der Waals surface area (Å²) in [6.45, 7) is 1.72. The molecule has 3 saturated carbocycles. The smallest absolute Gasteiger partial charge is 0.243 e. The van der Waals surface area contributed by atoms with Crippen LogP contribution in [0.5, 0.6) is 0 Å². The van der Waals surface area contributed by atoms with E-state index in [2.05, 4.69) is 42.5 Å². The molecule has 3 aromatic rings. The summed E-state index contributed by atoms with van der Waals surface area (Å²) >= 11 is 4.45. The molecule has 7 N–H and O–H groups in total. The number of carbonyl (C=O) groups is 7. The molecular weight excluding hydrogens is 1020 g/mol. The highest BCUT2D eigenvalue weighted by atomic mass is 79.9. The molecule has 10 atom stereocenters. The fourth-order valence-electron chi connectivity index (χ4n) is 11.7. The van der Waals surface area contributed by atoms with Gasteiger partial charge in [-0.15, -0.1) is 11.3 Å². The molecular formula is C52H59BrFN5O12S. The van der Waals surface area contributed by atoms with E-state index in [1.54, 1.807) is 37.3 Å². The van der Waals surface area contributed by atoms with Gasteiger partial charge in [0.15, 0.2) is 29.1 Å². The molecule has 1 aliphatic heterocycles. The number of hydrogen-bond acceptors (Lipinski definition) is 13. The molecule has 2 heterocycles. The molecule has 2 aromatic carbocycles. The van der Waals surface area contributed by atoms with Crippen molar-refractivity contribution in [3.63, 3.8) is 0 Å². The Morgan fingerprint density at radius 1 is 0.875 bits per heavy atom. The second-order valence-corrected chi connectivity index (χ2v) is 21.3. The number of hydrogen-bond donors (Lipinski definition) is 7. The van der Waals surface area contributed by atoms with Crippen molar-refractivity contribution in [3.8, 4) is 0 Å². The van der Waals surface area contributed by atoms with Crippen molar-refractivity contribution in [2.75, 3.05) is 38.3 Å². The minimum atomic E-state index is -2.09. The summed E-state index contributed by atoms with van der Waals surface area (Å²) < 4.78 is 36.7. The number of nitrogens with one attached hydrogen (secondary N) is 5. The van der Waals surface area contributed by atoms with E-state index >= 15 is 4.39 Å². The first-order valence-corrected chi connectivity index (χ1v) is 25.9. The number of amides is 5. The third-order valence-corrected chi connectivity index (χ3v) is 16.9. The Hall–Kier alpha value is -5.48. The van der Waals surface area contributed by atoms with Crippen molar-refractivity contribution in [1.82, 2.24) is 26.6 Å². The van der Waals surface area contributed by atoms with Crippen molar-refractivity contribution < 1.29 is 62.4 Å². The molecule has 384 valence electrons. The van der Waals surface area contributed by atoms with Gasteiger partial charge in [0.05, 0.1) is 48.7 Å². The summed E-state index contributed by atoms with van der Waals surface area (Å²) in [5.41, 5.74) is -2.66. The van der Waals surface area contributed by atoms with Crippen LogP contribution >= 0.6 is 27.3 Å². The molecule has 0 radical (unpaired) electrons. The SMILES string of the molecule is C[C@]12C=CC(=O)C=C1CC[C@H]1[C@@H]3C[C@H]4O[C@@H](c5ccc(Cc6ccc(COCNC(=O)CNC(=O)[C@H](Cc7ccccc7)NC(=O)CNC(=O)CNC(=O)CBr)cc6)s5)O[C@@]4(C(=O)CO)[C@@]3(C)C[C@H](O)[C@@]12F. The van der Waals surface area contributed by atoms with E-state index < -0.39 is 107 Å². The van der Waals surface area contributed by atoms with E-state index in [-0.39, 0.29) is 50.4 Å². The highest BCUT2D eigenvalue weighted by Crippen LogP contribution is 2.72. The lowest BCUT2D eigenvalue weighted by Crippen LogP contribution is -2.69. The summed E-state index contributed by atoms with van der Waals surface area (Å²) in [4.78, 5) is 89.8. The van der Waals surface area contributed by atoms with Crippen LogP contribution in [0.25, 0.3) is 0 Å². The van der Waals surface area contributed by atoms with Gasteiger partial charge in [0.1, 0.15) is 19.4 Å². The third kappa shape index (κ3) is 10.4. The monoisotopic (exact) mass is 1080 g/mol. The second kappa shape index (κ2) is 21.9. The van der Waals surface area contributed by atoms with Gasteiger partial charge in [0.25, 0.3) is 0 Å². The van der Waals surface area contributed by atoms with Crippen LogP contribution in [0.2, 0.25) is 0 Å². The molecule has 8 rings (SSSR count). The zero-order chi connectivity index (χ0) is 51.4. The molecule has 5 amide bonds. The van der Waals surface area contributed by atoms with Crippen LogP contribution in [0.4, 0.5) is 4.39 Å². The van der Waals surface area contributed by atoms with Crippen LogP contribution in [0, 0.1) is 22.7 Å². The third-order valence-electron chi connectivity index (χ3n) is 15.3. The van der Waals surface area contributed by atoms with Crippen LogP contribution in [0.15, 0.2) is 90.5 Å². The number of allylic oxidation sites excluding steroid dienone is 4. The number of benzene rings is 2. The maximum Gasteiger partial charge on any atom is 0.243 e. The number of ether oxygens (including phenoxy) is 3. The average molecular weight is 1080 g/mol. The maximum absolute atomic E-state index is 17.8.